The summed E-state index contributed by atoms with van der Waals surface area (Å²) in [5.41, 5.74) is 2.37. The molecule has 0 saturated carbocycles. The van der Waals surface area contributed by atoms with Gasteiger partial charge >= 0.3 is 0 Å². The minimum atomic E-state index is -0.815. The molecular formula is C24H33NO5. The Labute approximate surface area is 179 Å². The summed E-state index contributed by atoms with van der Waals surface area (Å²) in [5, 5.41) is 11.2. The van der Waals surface area contributed by atoms with Gasteiger partial charge in [0.1, 0.15) is 5.72 Å². The van der Waals surface area contributed by atoms with Crippen molar-refractivity contribution in [2.24, 2.45) is 0 Å². The van der Waals surface area contributed by atoms with Crippen molar-refractivity contribution in [2.45, 2.75) is 37.8 Å². The molecule has 0 aliphatic carbocycles. The van der Waals surface area contributed by atoms with Gasteiger partial charge in [-0.3, -0.25) is 4.90 Å². The second-order valence-electron chi connectivity index (χ2n) is 7.81. The molecule has 1 aliphatic heterocycles. The van der Waals surface area contributed by atoms with Crippen LogP contribution in [0.1, 0.15) is 37.7 Å². The highest BCUT2D eigenvalue weighted by molar-refractivity contribution is 5.74. The maximum atomic E-state index is 11.2. The maximum Gasteiger partial charge on any atom is 0.161 e. The molecule has 0 spiro atoms. The summed E-state index contributed by atoms with van der Waals surface area (Å²) in [7, 11) is 8.54. The number of benzene rings is 2. The molecule has 0 aromatic heterocycles. The lowest BCUT2D eigenvalue weighted by Crippen LogP contribution is -2.51. The summed E-state index contributed by atoms with van der Waals surface area (Å²) in [4.78, 5) is 2.06. The lowest BCUT2D eigenvalue weighted by molar-refractivity contribution is -0.126. The van der Waals surface area contributed by atoms with Crippen LogP contribution >= 0.6 is 0 Å². The lowest BCUT2D eigenvalue weighted by Gasteiger charge is -2.44. The van der Waals surface area contributed by atoms with E-state index in [1.54, 1.807) is 28.4 Å². The minimum Gasteiger partial charge on any atom is -0.493 e. The second-order valence-corrected chi connectivity index (χ2v) is 7.81. The van der Waals surface area contributed by atoms with Crippen LogP contribution in [0.25, 0.3) is 11.1 Å². The molecule has 30 heavy (non-hydrogen) atoms. The monoisotopic (exact) mass is 415 g/mol. The molecule has 1 aliphatic rings. The van der Waals surface area contributed by atoms with E-state index in [-0.39, 0.29) is 5.92 Å². The van der Waals surface area contributed by atoms with Crippen LogP contribution in [-0.4, -0.2) is 57.8 Å². The van der Waals surface area contributed by atoms with Crippen LogP contribution in [0.4, 0.5) is 0 Å². The zero-order valence-electron chi connectivity index (χ0n) is 18.8. The van der Waals surface area contributed by atoms with E-state index in [2.05, 4.69) is 11.0 Å². The third-order valence-electron chi connectivity index (χ3n) is 6.35. The van der Waals surface area contributed by atoms with Crippen LogP contribution in [0.15, 0.2) is 30.3 Å². The first-order chi connectivity index (χ1) is 14.4. The summed E-state index contributed by atoms with van der Waals surface area (Å²) >= 11 is 0. The molecule has 2 atom stereocenters. The van der Waals surface area contributed by atoms with Gasteiger partial charge in [0, 0.05) is 6.54 Å². The molecule has 0 bridgehead atoms. The Kier molecular flexibility index (Phi) is 6.78. The van der Waals surface area contributed by atoms with Gasteiger partial charge in [-0.05, 0) is 73.2 Å². The average Bonchev–Trinajstić information content (AvgIpc) is 2.79. The number of likely N-dealkylation sites (tertiary alicyclic amines) is 1. The molecule has 164 valence electrons. The zero-order chi connectivity index (χ0) is 21.9. The highest BCUT2D eigenvalue weighted by Crippen LogP contribution is 2.46. The number of aliphatic hydroxyl groups is 1. The summed E-state index contributed by atoms with van der Waals surface area (Å²) in [6.07, 6.45) is 2.29. The zero-order valence-corrected chi connectivity index (χ0v) is 18.8. The van der Waals surface area contributed by atoms with Gasteiger partial charge in [0.2, 0.25) is 0 Å². The van der Waals surface area contributed by atoms with Crippen LogP contribution in [0, 0.1) is 0 Å². The highest BCUT2D eigenvalue weighted by Gasteiger charge is 2.38. The highest BCUT2D eigenvalue weighted by atomic mass is 16.5. The predicted molar refractivity (Wildman–Crippen MR) is 118 cm³/mol. The minimum absolute atomic E-state index is 0.189. The van der Waals surface area contributed by atoms with Crippen molar-refractivity contribution in [2.75, 3.05) is 42.0 Å². The van der Waals surface area contributed by atoms with Gasteiger partial charge < -0.3 is 24.1 Å². The fraction of sp³-hybridized carbons (Fsp3) is 0.500. The Morgan fingerprint density at radius 2 is 1.53 bits per heavy atom. The van der Waals surface area contributed by atoms with Crippen molar-refractivity contribution in [1.29, 1.82) is 0 Å². The van der Waals surface area contributed by atoms with Gasteiger partial charge in [0.05, 0.1) is 28.4 Å². The topological polar surface area (TPSA) is 60.4 Å². The van der Waals surface area contributed by atoms with E-state index in [9.17, 15) is 5.11 Å². The molecule has 2 unspecified atom stereocenters. The summed E-state index contributed by atoms with van der Waals surface area (Å²) < 4.78 is 22.1. The average molecular weight is 416 g/mol. The molecular weight excluding hydrogens is 382 g/mol. The van der Waals surface area contributed by atoms with E-state index < -0.39 is 5.72 Å². The largest absolute Gasteiger partial charge is 0.493 e. The third kappa shape index (κ3) is 4.07. The summed E-state index contributed by atoms with van der Waals surface area (Å²) in [5.74, 6) is 2.90. The van der Waals surface area contributed by atoms with Gasteiger partial charge in [0.25, 0.3) is 0 Å². The SMILES string of the molecule is CCC1(O)CC(c2cc(OC)c(OC)cc2-c2ccc(OC)c(OC)c2)CCN1C. The Bertz CT molecular complexity index is 884. The third-order valence-corrected chi connectivity index (χ3v) is 6.35. The number of methoxy groups -OCH3 is 4. The van der Waals surface area contributed by atoms with Crippen LogP contribution in [0.2, 0.25) is 0 Å². The first-order valence-electron chi connectivity index (χ1n) is 10.3. The van der Waals surface area contributed by atoms with E-state index in [4.69, 9.17) is 18.9 Å². The molecule has 0 radical (unpaired) electrons. The first-order valence-corrected chi connectivity index (χ1v) is 10.3. The molecule has 0 amide bonds. The van der Waals surface area contributed by atoms with Gasteiger partial charge in [-0.1, -0.05) is 13.0 Å². The molecule has 6 nitrogen and oxygen atoms in total. The first kappa shape index (κ1) is 22.2. The number of nitrogens with zero attached hydrogens (tertiary/aromatic N) is 1. The number of rotatable bonds is 7. The summed E-state index contributed by atoms with van der Waals surface area (Å²) in [6, 6.07) is 9.97. The standard InChI is InChI=1S/C24H33NO5/c1-7-24(26)15-17(10-11-25(24)2)19-14-23(30-6)22(29-5)13-18(19)16-8-9-20(27-3)21(12-16)28-4/h8-9,12-14,17,26H,7,10-11,15H2,1-6H3. The van der Waals surface area contributed by atoms with Gasteiger partial charge in [-0.25, -0.2) is 0 Å². The van der Waals surface area contributed by atoms with Crippen molar-refractivity contribution in [1.82, 2.24) is 4.90 Å². The normalized spacial score (nSPS) is 21.9. The van der Waals surface area contributed by atoms with E-state index >= 15 is 0 Å². The number of ether oxygens (including phenoxy) is 4. The fourth-order valence-corrected chi connectivity index (χ4v) is 4.38. The molecule has 2 aromatic rings. The Morgan fingerprint density at radius 1 is 0.933 bits per heavy atom. The molecule has 1 saturated heterocycles. The quantitative estimate of drug-likeness (QED) is 0.728. The van der Waals surface area contributed by atoms with Crippen molar-refractivity contribution >= 4 is 0 Å². The molecule has 3 rings (SSSR count). The fourth-order valence-electron chi connectivity index (χ4n) is 4.38. The Morgan fingerprint density at radius 3 is 2.13 bits per heavy atom. The molecule has 1 fully saturated rings. The molecule has 1 heterocycles. The molecule has 6 heteroatoms. The van der Waals surface area contributed by atoms with Crippen LogP contribution in [0.5, 0.6) is 23.0 Å². The predicted octanol–water partition coefficient (Wildman–Crippen LogP) is 4.30. The number of hydrogen-bond donors (Lipinski definition) is 1. The van der Waals surface area contributed by atoms with Gasteiger partial charge in [0.15, 0.2) is 23.0 Å². The Balaban J connectivity index is 2.15. The number of hydrogen-bond acceptors (Lipinski definition) is 6. The van der Waals surface area contributed by atoms with Crippen LogP contribution in [0.3, 0.4) is 0 Å². The van der Waals surface area contributed by atoms with Crippen molar-refractivity contribution in [3.05, 3.63) is 35.9 Å². The van der Waals surface area contributed by atoms with E-state index in [0.717, 1.165) is 29.7 Å². The van der Waals surface area contributed by atoms with Crippen molar-refractivity contribution in [3.8, 4) is 34.1 Å². The van der Waals surface area contributed by atoms with Crippen LogP contribution in [-0.2, 0) is 0 Å². The van der Waals surface area contributed by atoms with Gasteiger partial charge in [-0.15, -0.1) is 0 Å². The van der Waals surface area contributed by atoms with E-state index in [1.165, 1.54) is 0 Å². The second kappa shape index (κ2) is 9.14. The van der Waals surface area contributed by atoms with E-state index in [0.29, 0.717) is 35.8 Å². The molecule has 2 aromatic carbocycles. The Hall–Kier alpha value is -2.44. The maximum absolute atomic E-state index is 11.2. The van der Waals surface area contributed by atoms with Crippen LogP contribution < -0.4 is 18.9 Å². The van der Waals surface area contributed by atoms with Gasteiger partial charge in [-0.2, -0.15) is 0 Å². The summed E-state index contributed by atoms with van der Waals surface area (Å²) in [6.45, 7) is 2.86. The smallest absolute Gasteiger partial charge is 0.161 e. The van der Waals surface area contributed by atoms with Crippen molar-refractivity contribution < 1.29 is 24.1 Å². The van der Waals surface area contributed by atoms with E-state index in [1.807, 2.05) is 38.2 Å². The van der Waals surface area contributed by atoms with Crippen molar-refractivity contribution in [3.63, 3.8) is 0 Å². The number of piperidine rings is 1. The molecule has 1 N–H and O–H groups in total. The lowest BCUT2D eigenvalue weighted by atomic mass is 9.79.